The standard InChI is InChI=1S/C15H22FNO4/c1-15(2,3)21-14(18)17-11-9-13(20-5)12(19-4)8-10(11)6-7-16/h8-9H,6-7H2,1-5H3,(H,17,18). The van der Waals surface area contributed by atoms with Gasteiger partial charge in [-0.05, 0) is 32.4 Å². The first-order valence-corrected chi connectivity index (χ1v) is 6.61. The predicted octanol–water partition coefficient (Wildman–Crippen LogP) is 3.56. The van der Waals surface area contributed by atoms with Gasteiger partial charge in [0.25, 0.3) is 0 Å². The van der Waals surface area contributed by atoms with E-state index < -0.39 is 18.4 Å². The molecule has 1 aromatic carbocycles. The molecule has 0 atom stereocenters. The van der Waals surface area contributed by atoms with E-state index >= 15 is 0 Å². The lowest BCUT2D eigenvalue weighted by Gasteiger charge is -2.21. The fourth-order valence-electron chi connectivity index (χ4n) is 1.76. The molecule has 0 fully saturated rings. The molecule has 0 aliphatic rings. The Morgan fingerprint density at radius 2 is 1.76 bits per heavy atom. The Morgan fingerprint density at radius 1 is 1.19 bits per heavy atom. The van der Waals surface area contributed by atoms with Crippen molar-refractivity contribution in [1.82, 2.24) is 0 Å². The van der Waals surface area contributed by atoms with Crippen molar-refractivity contribution in [2.24, 2.45) is 0 Å². The van der Waals surface area contributed by atoms with E-state index in [1.165, 1.54) is 14.2 Å². The van der Waals surface area contributed by atoms with Gasteiger partial charge in [-0.15, -0.1) is 0 Å². The smallest absolute Gasteiger partial charge is 0.412 e. The van der Waals surface area contributed by atoms with Crippen molar-refractivity contribution in [2.75, 3.05) is 26.2 Å². The van der Waals surface area contributed by atoms with Crippen LogP contribution in [-0.2, 0) is 11.2 Å². The number of anilines is 1. The van der Waals surface area contributed by atoms with Crippen LogP contribution in [0, 0.1) is 0 Å². The maximum Gasteiger partial charge on any atom is 0.412 e. The molecule has 0 radical (unpaired) electrons. The minimum absolute atomic E-state index is 0.158. The summed E-state index contributed by atoms with van der Waals surface area (Å²) in [6, 6.07) is 3.23. The van der Waals surface area contributed by atoms with Gasteiger partial charge in [0.1, 0.15) is 5.60 Å². The number of methoxy groups -OCH3 is 2. The zero-order valence-electron chi connectivity index (χ0n) is 13.1. The molecule has 118 valence electrons. The van der Waals surface area contributed by atoms with Gasteiger partial charge in [0.2, 0.25) is 0 Å². The van der Waals surface area contributed by atoms with Crippen molar-refractivity contribution in [3.63, 3.8) is 0 Å². The quantitative estimate of drug-likeness (QED) is 0.903. The Balaban J connectivity index is 3.05. The molecular formula is C15H22FNO4. The summed E-state index contributed by atoms with van der Waals surface area (Å²) in [5, 5.41) is 2.61. The normalized spacial score (nSPS) is 11.0. The van der Waals surface area contributed by atoms with Crippen molar-refractivity contribution >= 4 is 11.8 Å². The molecule has 0 aliphatic heterocycles. The molecule has 0 aliphatic carbocycles. The van der Waals surface area contributed by atoms with Crippen molar-refractivity contribution in [3.8, 4) is 11.5 Å². The zero-order chi connectivity index (χ0) is 16.0. The highest BCUT2D eigenvalue weighted by molar-refractivity contribution is 5.86. The highest BCUT2D eigenvalue weighted by Crippen LogP contribution is 2.34. The molecule has 1 rings (SSSR count). The number of hydrogen-bond donors (Lipinski definition) is 1. The van der Waals surface area contributed by atoms with Crippen molar-refractivity contribution in [3.05, 3.63) is 17.7 Å². The summed E-state index contributed by atoms with van der Waals surface area (Å²) in [5.41, 5.74) is 0.446. The van der Waals surface area contributed by atoms with Crippen molar-refractivity contribution in [1.29, 1.82) is 0 Å². The van der Waals surface area contributed by atoms with Gasteiger partial charge in [0, 0.05) is 12.5 Å². The fraction of sp³-hybridized carbons (Fsp3) is 0.533. The number of carbonyl (C=O) groups excluding carboxylic acids is 1. The van der Waals surface area contributed by atoms with E-state index in [4.69, 9.17) is 14.2 Å². The van der Waals surface area contributed by atoms with Gasteiger partial charge in [-0.25, -0.2) is 4.79 Å². The molecule has 0 heterocycles. The number of alkyl halides is 1. The first-order chi connectivity index (χ1) is 9.80. The monoisotopic (exact) mass is 299 g/mol. The highest BCUT2D eigenvalue weighted by atomic mass is 19.1. The van der Waals surface area contributed by atoms with Crippen LogP contribution in [0.5, 0.6) is 11.5 Å². The minimum Gasteiger partial charge on any atom is -0.493 e. The average molecular weight is 299 g/mol. The highest BCUT2D eigenvalue weighted by Gasteiger charge is 2.18. The third-order valence-corrected chi connectivity index (χ3v) is 2.61. The second kappa shape index (κ2) is 7.15. The van der Waals surface area contributed by atoms with Crippen LogP contribution in [0.2, 0.25) is 0 Å². The SMILES string of the molecule is COc1cc(CCF)c(NC(=O)OC(C)(C)C)cc1OC. The van der Waals surface area contributed by atoms with Gasteiger partial charge in [0.15, 0.2) is 11.5 Å². The number of hydrogen-bond acceptors (Lipinski definition) is 4. The third kappa shape index (κ3) is 5.13. The number of aryl methyl sites for hydroxylation is 1. The summed E-state index contributed by atoms with van der Waals surface area (Å²) in [4.78, 5) is 11.8. The van der Waals surface area contributed by atoms with Crippen molar-refractivity contribution in [2.45, 2.75) is 32.8 Å². The molecule has 6 heteroatoms. The number of ether oxygens (including phenoxy) is 3. The molecule has 0 spiro atoms. The van der Waals surface area contributed by atoms with Crippen LogP contribution in [0.1, 0.15) is 26.3 Å². The molecule has 1 aromatic rings. The van der Waals surface area contributed by atoms with Crippen LogP contribution in [-0.4, -0.2) is 32.6 Å². The summed E-state index contributed by atoms with van der Waals surface area (Å²) in [6.45, 7) is 4.76. The van der Waals surface area contributed by atoms with Crippen LogP contribution in [0.25, 0.3) is 0 Å². The number of nitrogens with one attached hydrogen (secondary N) is 1. The Morgan fingerprint density at radius 3 is 2.24 bits per heavy atom. The van der Waals surface area contributed by atoms with Gasteiger partial charge < -0.3 is 14.2 Å². The van der Waals surface area contributed by atoms with Crippen LogP contribution in [0.3, 0.4) is 0 Å². The van der Waals surface area contributed by atoms with E-state index in [2.05, 4.69) is 5.32 Å². The molecule has 0 saturated carbocycles. The Kier molecular flexibility index (Phi) is 5.81. The lowest BCUT2D eigenvalue weighted by molar-refractivity contribution is 0.0635. The molecule has 1 N–H and O–H groups in total. The molecule has 5 nitrogen and oxygen atoms in total. The molecule has 1 amide bonds. The van der Waals surface area contributed by atoms with E-state index in [1.807, 2.05) is 0 Å². The number of carbonyl (C=O) groups is 1. The minimum atomic E-state index is -0.610. The van der Waals surface area contributed by atoms with Crippen LogP contribution in [0.15, 0.2) is 12.1 Å². The van der Waals surface area contributed by atoms with Crippen LogP contribution in [0.4, 0.5) is 14.9 Å². The number of amides is 1. The van der Waals surface area contributed by atoms with E-state index in [0.717, 1.165) is 0 Å². The first-order valence-electron chi connectivity index (χ1n) is 6.61. The molecule has 0 aromatic heterocycles. The van der Waals surface area contributed by atoms with E-state index in [9.17, 15) is 9.18 Å². The summed E-state index contributed by atoms with van der Waals surface area (Å²) in [5.74, 6) is 0.932. The van der Waals surface area contributed by atoms with Crippen LogP contribution >= 0.6 is 0 Å². The summed E-state index contributed by atoms with van der Waals surface area (Å²) < 4.78 is 28.2. The topological polar surface area (TPSA) is 56.8 Å². The number of halogens is 1. The molecule has 21 heavy (non-hydrogen) atoms. The molecule has 0 unspecified atom stereocenters. The Hall–Kier alpha value is -1.98. The maximum absolute atomic E-state index is 12.7. The largest absolute Gasteiger partial charge is 0.493 e. The Bertz CT molecular complexity index is 497. The zero-order valence-corrected chi connectivity index (χ0v) is 13.1. The molecule has 0 bridgehead atoms. The summed E-state index contributed by atoms with van der Waals surface area (Å²) in [6.07, 6.45) is -0.444. The lowest BCUT2D eigenvalue weighted by atomic mass is 10.1. The van der Waals surface area contributed by atoms with Gasteiger partial charge in [-0.2, -0.15) is 0 Å². The Labute approximate surface area is 124 Å². The average Bonchev–Trinajstić information content (AvgIpc) is 2.38. The number of rotatable bonds is 5. The predicted molar refractivity (Wildman–Crippen MR) is 79.1 cm³/mol. The van der Waals surface area contributed by atoms with E-state index in [-0.39, 0.29) is 6.42 Å². The second-order valence-electron chi connectivity index (χ2n) is 5.43. The maximum atomic E-state index is 12.7. The van der Waals surface area contributed by atoms with E-state index in [1.54, 1.807) is 32.9 Å². The van der Waals surface area contributed by atoms with Crippen molar-refractivity contribution < 1.29 is 23.4 Å². The fourth-order valence-corrected chi connectivity index (χ4v) is 1.76. The van der Waals surface area contributed by atoms with Crippen LogP contribution < -0.4 is 14.8 Å². The number of benzene rings is 1. The third-order valence-electron chi connectivity index (χ3n) is 2.61. The first kappa shape index (κ1) is 17.1. The van der Waals surface area contributed by atoms with Gasteiger partial charge >= 0.3 is 6.09 Å². The van der Waals surface area contributed by atoms with Gasteiger partial charge in [-0.1, -0.05) is 0 Å². The summed E-state index contributed by atoms with van der Waals surface area (Å²) in [7, 11) is 2.99. The second-order valence-corrected chi connectivity index (χ2v) is 5.43. The molecule has 0 saturated heterocycles. The summed E-state index contributed by atoms with van der Waals surface area (Å²) >= 11 is 0. The molecular weight excluding hydrogens is 277 g/mol. The lowest BCUT2D eigenvalue weighted by Crippen LogP contribution is -2.27. The van der Waals surface area contributed by atoms with Gasteiger partial charge in [-0.3, -0.25) is 9.71 Å². The van der Waals surface area contributed by atoms with Gasteiger partial charge in [0.05, 0.1) is 26.6 Å². The van der Waals surface area contributed by atoms with E-state index in [0.29, 0.717) is 22.7 Å².